The quantitative estimate of drug-likeness (QED) is 0.726. The molecule has 126 valence electrons. The highest BCUT2D eigenvalue weighted by Crippen LogP contribution is 2.07. The second kappa shape index (κ2) is 9.84. The molecule has 0 radical (unpaired) electrons. The fraction of sp³-hybridized carbons (Fsp3) is 0.917. The smallest absolute Gasteiger partial charge is 0.237 e. The van der Waals surface area contributed by atoms with Gasteiger partial charge in [0.25, 0.3) is 0 Å². The van der Waals surface area contributed by atoms with Crippen LogP contribution in [0.4, 0.5) is 0 Å². The SMILES string of the molecule is Cl.Cl.O=C(NCCN1CCS(=O)(=O)CC1)[C@H]1CCCCN1. The van der Waals surface area contributed by atoms with E-state index in [-0.39, 0.29) is 48.3 Å². The van der Waals surface area contributed by atoms with E-state index in [0.717, 1.165) is 32.4 Å². The minimum absolute atomic E-state index is 0. The summed E-state index contributed by atoms with van der Waals surface area (Å²) in [7, 11) is -2.81. The van der Waals surface area contributed by atoms with Crippen molar-refractivity contribution < 1.29 is 13.2 Å². The monoisotopic (exact) mass is 361 g/mol. The number of nitrogens with zero attached hydrogens (tertiary/aromatic N) is 1. The number of hydrogen-bond donors (Lipinski definition) is 2. The van der Waals surface area contributed by atoms with Gasteiger partial charge in [-0.3, -0.25) is 9.69 Å². The first-order valence-corrected chi connectivity index (χ1v) is 8.83. The minimum atomic E-state index is -2.81. The lowest BCUT2D eigenvalue weighted by molar-refractivity contribution is -0.123. The van der Waals surface area contributed by atoms with Gasteiger partial charge in [0.15, 0.2) is 9.84 Å². The van der Waals surface area contributed by atoms with Crippen LogP contribution in [0.3, 0.4) is 0 Å². The third-order valence-electron chi connectivity index (χ3n) is 3.79. The van der Waals surface area contributed by atoms with Gasteiger partial charge in [0.05, 0.1) is 17.5 Å². The molecule has 6 nitrogen and oxygen atoms in total. The number of halogens is 2. The first-order chi connectivity index (χ1) is 9.07. The lowest BCUT2D eigenvalue weighted by Gasteiger charge is -2.27. The third-order valence-corrected chi connectivity index (χ3v) is 5.40. The second-order valence-corrected chi connectivity index (χ2v) is 7.59. The highest BCUT2D eigenvalue weighted by molar-refractivity contribution is 7.91. The number of amides is 1. The van der Waals surface area contributed by atoms with Gasteiger partial charge in [-0.15, -0.1) is 24.8 Å². The summed E-state index contributed by atoms with van der Waals surface area (Å²) in [6.07, 6.45) is 3.16. The van der Waals surface area contributed by atoms with E-state index in [1.165, 1.54) is 0 Å². The molecule has 0 aromatic heterocycles. The van der Waals surface area contributed by atoms with E-state index >= 15 is 0 Å². The Morgan fingerprint density at radius 1 is 1.19 bits per heavy atom. The Labute approximate surface area is 139 Å². The van der Waals surface area contributed by atoms with Gasteiger partial charge < -0.3 is 10.6 Å². The van der Waals surface area contributed by atoms with Crippen LogP contribution in [0, 0.1) is 0 Å². The Kier molecular flexibility index (Phi) is 9.80. The van der Waals surface area contributed by atoms with Crippen LogP contribution in [0.25, 0.3) is 0 Å². The van der Waals surface area contributed by atoms with Gasteiger partial charge in [0.2, 0.25) is 5.91 Å². The number of piperidine rings is 1. The lowest BCUT2D eigenvalue weighted by atomic mass is 10.0. The number of nitrogens with one attached hydrogen (secondary N) is 2. The van der Waals surface area contributed by atoms with E-state index in [0.29, 0.717) is 19.6 Å². The van der Waals surface area contributed by atoms with Crippen LogP contribution >= 0.6 is 24.8 Å². The van der Waals surface area contributed by atoms with Gasteiger partial charge in [-0.1, -0.05) is 6.42 Å². The summed E-state index contributed by atoms with van der Waals surface area (Å²) < 4.78 is 22.6. The molecule has 9 heteroatoms. The van der Waals surface area contributed by atoms with Crippen molar-refractivity contribution in [2.45, 2.75) is 25.3 Å². The molecule has 2 saturated heterocycles. The van der Waals surface area contributed by atoms with Crippen molar-refractivity contribution in [1.82, 2.24) is 15.5 Å². The van der Waals surface area contributed by atoms with Crippen molar-refractivity contribution in [2.75, 3.05) is 44.2 Å². The molecule has 0 aliphatic carbocycles. The maximum atomic E-state index is 11.9. The van der Waals surface area contributed by atoms with E-state index in [4.69, 9.17) is 0 Å². The Bertz CT molecular complexity index is 400. The molecule has 0 aromatic carbocycles. The molecule has 0 bridgehead atoms. The molecular formula is C12H25Cl2N3O3S. The highest BCUT2D eigenvalue weighted by atomic mass is 35.5. The second-order valence-electron chi connectivity index (χ2n) is 5.29. The van der Waals surface area contributed by atoms with Crippen molar-refractivity contribution in [3.8, 4) is 0 Å². The largest absolute Gasteiger partial charge is 0.353 e. The Morgan fingerprint density at radius 2 is 1.86 bits per heavy atom. The average Bonchev–Trinajstić information content (AvgIpc) is 2.41. The van der Waals surface area contributed by atoms with Crippen molar-refractivity contribution in [3.05, 3.63) is 0 Å². The molecule has 0 saturated carbocycles. The van der Waals surface area contributed by atoms with Crippen LogP contribution in [0.2, 0.25) is 0 Å². The number of hydrogen-bond acceptors (Lipinski definition) is 5. The summed E-state index contributed by atoms with van der Waals surface area (Å²) in [6, 6.07) is -0.0458. The summed E-state index contributed by atoms with van der Waals surface area (Å²) in [5.74, 6) is 0.556. The van der Waals surface area contributed by atoms with Gasteiger partial charge in [-0.05, 0) is 19.4 Å². The van der Waals surface area contributed by atoms with Crippen molar-refractivity contribution in [3.63, 3.8) is 0 Å². The van der Waals surface area contributed by atoms with Crippen molar-refractivity contribution in [1.29, 1.82) is 0 Å². The lowest BCUT2D eigenvalue weighted by Crippen LogP contribution is -2.49. The van der Waals surface area contributed by atoms with E-state index in [1.807, 2.05) is 0 Å². The Morgan fingerprint density at radius 3 is 2.43 bits per heavy atom. The van der Waals surface area contributed by atoms with E-state index in [9.17, 15) is 13.2 Å². The molecule has 2 N–H and O–H groups in total. The van der Waals surface area contributed by atoms with Crippen LogP contribution in [0.5, 0.6) is 0 Å². The molecule has 0 spiro atoms. The number of carbonyl (C=O) groups is 1. The number of sulfone groups is 1. The third kappa shape index (κ3) is 7.15. The van der Waals surface area contributed by atoms with Gasteiger partial charge >= 0.3 is 0 Å². The normalized spacial score (nSPS) is 25.2. The average molecular weight is 362 g/mol. The maximum Gasteiger partial charge on any atom is 0.237 e. The Hall–Kier alpha value is -0.0800. The van der Waals surface area contributed by atoms with E-state index in [1.54, 1.807) is 0 Å². The zero-order valence-corrected chi connectivity index (χ0v) is 14.5. The summed E-state index contributed by atoms with van der Waals surface area (Å²) in [6.45, 7) is 3.41. The first-order valence-electron chi connectivity index (χ1n) is 7.01. The molecule has 1 atom stereocenters. The molecule has 0 aromatic rings. The molecule has 2 rings (SSSR count). The minimum Gasteiger partial charge on any atom is -0.353 e. The molecule has 2 aliphatic heterocycles. The number of carbonyl (C=O) groups excluding carboxylic acids is 1. The maximum absolute atomic E-state index is 11.9. The topological polar surface area (TPSA) is 78.5 Å². The summed E-state index contributed by atoms with van der Waals surface area (Å²) in [5.41, 5.74) is 0. The van der Waals surface area contributed by atoms with Crippen LogP contribution in [-0.4, -0.2) is 69.5 Å². The van der Waals surface area contributed by atoms with Gasteiger partial charge in [-0.2, -0.15) is 0 Å². The molecule has 2 fully saturated rings. The van der Waals surface area contributed by atoms with Crippen LogP contribution in [0.15, 0.2) is 0 Å². The molecule has 21 heavy (non-hydrogen) atoms. The molecule has 0 unspecified atom stereocenters. The van der Waals surface area contributed by atoms with Gasteiger partial charge in [0.1, 0.15) is 0 Å². The number of rotatable bonds is 4. The fourth-order valence-corrected chi connectivity index (χ4v) is 3.79. The zero-order chi connectivity index (χ0) is 13.7. The van der Waals surface area contributed by atoms with E-state index < -0.39 is 9.84 Å². The highest BCUT2D eigenvalue weighted by Gasteiger charge is 2.22. The summed E-state index contributed by atoms with van der Waals surface area (Å²) in [4.78, 5) is 13.9. The van der Waals surface area contributed by atoms with Crippen LogP contribution in [0.1, 0.15) is 19.3 Å². The molecular weight excluding hydrogens is 337 g/mol. The first kappa shape index (κ1) is 20.9. The van der Waals surface area contributed by atoms with Gasteiger partial charge in [0, 0.05) is 26.2 Å². The fourth-order valence-electron chi connectivity index (χ4n) is 2.51. The van der Waals surface area contributed by atoms with Crippen LogP contribution in [-0.2, 0) is 14.6 Å². The van der Waals surface area contributed by atoms with E-state index in [2.05, 4.69) is 15.5 Å². The summed E-state index contributed by atoms with van der Waals surface area (Å²) >= 11 is 0. The van der Waals surface area contributed by atoms with Crippen molar-refractivity contribution in [2.24, 2.45) is 0 Å². The zero-order valence-electron chi connectivity index (χ0n) is 12.0. The molecule has 2 aliphatic rings. The molecule has 2 heterocycles. The summed E-state index contributed by atoms with van der Waals surface area (Å²) in [5, 5.41) is 6.14. The predicted molar refractivity (Wildman–Crippen MR) is 88.2 cm³/mol. The van der Waals surface area contributed by atoms with Crippen LogP contribution < -0.4 is 10.6 Å². The standard InChI is InChI=1S/C12H23N3O3S.2ClH/c16-12(11-3-1-2-4-13-11)14-5-6-15-7-9-19(17,18)10-8-15;;/h11,13H,1-10H2,(H,14,16);2*1H/t11-;;/m1../s1. The molecule has 1 amide bonds. The Balaban J connectivity index is 0.00000200. The predicted octanol–water partition coefficient (Wildman–Crippen LogP) is -0.181. The van der Waals surface area contributed by atoms with Gasteiger partial charge in [-0.25, -0.2) is 8.42 Å². The van der Waals surface area contributed by atoms with Crippen molar-refractivity contribution >= 4 is 40.6 Å².